The SMILES string of the molecule is C[N+](C)(C)C[C@@H](CC(=O)O)O[C@]1(O)[C@H](O)[C@H](O)[C@@H](O)[C@H](O)[C@H]1O. The van der Waals surface area contributed by atoms with Crippen LogP contribution < -0.4 is 0 Å². The standard InChI is InChI=1S/C13H25NO9/c1-14(2,3)5-6(4-7(15)16)23-13(22)11(20)9(18)8(17)10(19)12(13)21/h6,8-12,17-22H,4-5H2,1-3H3/p+1/t6-,8-,9-,10+,11-,12-,13-/m1/s1. The van der Waals surface area contributed by atoms with Crippen molar-refractivity contribution in [2.24, 2.45) is 0 Å². The van der Waals surface area contributed by atoms with Crippen LogP contribution in [0.15, 0.2) is 0 Å². The molecular formula is C13H26NO9+. The first-order valence-corrected chi connectivity index (χ1v) is 7.12. The predicted molar refractivity (Wildman–Crippen MR) is 75.0 cm³/mol. The van der Waals surface area contributed by atoms with Crippen molar-refractivity contribution in [1.82, 2.24) is 0 Å². The maximum atomic E-state index is 11.0. The predicted octanol–water partition coefficient (Wildman–Crippen LogP) is -3.94. The van der Waals surface area contributed by atoms with E-state index >= 15 is 0 Å². The van der Waals surface area contributed by atoms with Gasteiger partial charge in [-0.3, -0.25) is 4.79 Å². The number of aliphatic hydroxyl groups excluding tert-OH is 5. The summed E-state index contributed by atoms with van der Waals surface area (Å²) in [6, 6.07) is 0. The highest BCUT2D eigenvalue weighted by Gasteiger charge is 2.59. The van der Waals surface area contributed by atoms with E-state index in [0.29, 0.717) is 0 Å². The fourth-order valence-electron chi connectivity index (χ4n) is 2.60. The van der Waals surface area contributed by atoms with Crippen molar-refractivity contribution >= 4 is 5.97 Å². The van der Waals surface area contributed by atoms with E-state index in [2.05, 4.69) is 0 Å². The van der Waals surface area contributed by atoms with Gasteiger partial charge < -0.3 is 45.0 Å². The maximum Gasteiger partial charge on any atom is 0.306 e. The zero-order valence-corrected chi connectivity index (χ0v) is 13.3. The summed E-state index contributed by atoms with van der Waals surface area (Å²) in [7, 11) is 5.22. The van der Waals surface area contributed by atoms with Crippen LogP contribution in [0.1, 0.15) is 6.42 Å². The molecule has 0 amide bonds. The van der Waals surface area contributed by atoms with Gasteiger partial charge in [-0.2, -0.15) is 0 Å². The van der Waals surface area contributed by atoms with Crippen LogP contribution in [0.4, 0.5) is 0 Å². The molecule has 1 aliphatic rings. The molecule has 0 saturated heterocycles. The lowest BCUT2D eigenvalue weighted by Gasteiger charge is -2.48. The summed E-state index contributed by atoms with van der Waals surface area (Å²) in [6.45, 7) is 0.1000. The molecule has 0 bridgehead atoms. The van der Waals surface area contributed by atoms with Crippen LogP contribution in [0.3, 0.4) is 0 Å². The lowest BCUT2D eigenvalue weighted by Crippen LogP contribution is -2.72. The van der Waals surface area contributed by atoms with Crippen LogP contribution in [0.5, 0.6) is 0 Å². The molecule has 0 aromatic rings. The summed E-state index contributed by atoms with van der Waals surface area (Å²) in [4.78, 5) is 11.0. The number of hydrogen-bond donors (Lipinski definition) is 7. The molecule has 0 unspecified atom stereocenters. The van der Waals surface area contributed by atoms with Crippen molar-refractivity contribution in [3.05, 3.63) is 0 Å². The van der Waals surface area contributed by atoms with E-state index in [1.165, 1.54) is 0 Å². The van der Waals surface area contributed by atoms with Gasteiger partial charge in [0, 0.05) is 0 Å². The molecule has 1 aliphatic carbocycles. The molecule has 10 heteroatoms. The van der Waals surface area contributed by atoms with E-state index in [1.54, 1.807) is 21.1 Å². The molecule has 7 N–H and O–H groups in total. The first kappa shape index (κ1) is 20.2. The van der Waals surface area contributed by atoms with Crippen LogP contribution in [-0.2, 0) is 9.53 Å². The molecule has 0 heterocycles. The minimum atomic E-state index is -2.83. The van der Waals surface area contributed by atoms with Gasteiger partial charge in [0.25, 0.3) is 0 Å². The smallest absolute Gasteiger partial charge is 0.306 e. The number of aliphatic carboxylic acids is 1. The van der Waals surface area contributed by atoms with Crippen LogP contribution in [-0.4, -0.2) is 116 Å². The lowest BCUT2D eigenvalue weighted by molar-refractivity contribution is -0.874. The fourth-order valence-corrected chi connectivity index (χ4v) is 2.60. The summed E-state index contributed by atoms with van der Waals surface area (Å²) >= 11 is 0. The zero-order chi connectivity index (χ0) is 18.2. The maximum absolute atomic E-state index is 11.0. The van der Waals surface area contributed by atoms with Gasteiger partial charge >= 0.3 is 5.97 Å². The number of ether oxygens (including phenoxy) is 1. The number of carboxylic acid groups (broad SMARTS) is 1. The van der Waals surface area contributed by atoms with E-state index in [9.17, 15) is 35.4 Å². The Labute approximate surface area is 133 Å². The third-order valence-corrected chi connectivity index (χ3v) is 3.70. The number of carbonyl (C=O) groups is 1. The molecular weight excluding hydrogens is 314 g/mol. The highest BCUT2D eigenvalue weighted by atomic mass is 16.7. The van der Waals surface area contributed by atoms with Gasteiger partial charge in [-0.15, -0.1) is 0 Å². The van der Waals surface area contributed by atoms with Gasteiger partial charge in [0.2, 0.25) is 5.79 Å². The van der Waals surface area contributed by atoms with E-state index in [4.69, 9.17) is 9.84 Å². The third kappa shape index (κ3) is 4.58. The van der Waals surface area contributed by atoms with Crippen LogP contribution >= 0.6 is 0 Å². The lowest BCUT2D eigenvalue weighted by atomic mass is 9.82. The van der Waals surface area contributed by atoms with Crippen molar-refractivity contribution < 1.29 is 49.8 Å². The zero-order valence-electron chi connectivity index (χ0n) is 13.3. The minimum absolute atomic E-state index is 0.1000. The first-order chi connectivity index (χ1) is 10.3. The van der Waals surface area contributed by atoms with Gasteiger partial charge in [-0.05, 0) is 0 Å². The molecule has 1 fully saturated rings. The number of quaternary nitrogens is 1. The largest absolute Gasteiger partial charge is 0.481 e. The summed E-state index contributed by atoms with van der Waals surface area (Å²) < 4.78 is 5.47. The molecule has 1 saturated carbocycles. The summed E-state index contributed by atoms with van der Waals surface area (Å²) in [5, 5.41) is 68.0. The number of rotatable bonds is 6. The van der Waals surface area contributed by atoms with Gasteiger partial charge in [-0.25, -0.2) is 0 Å². The minimum Gasteiger partial charge on any atom is -0.481 e. The quantitative estimate of drug-likeness (QED) is 0.188. The summed E-state index contributed by atoms with van der Waals surface area (Å²) in [6.07, 6.45) is -11.8. The van der Waals surface area contributed by atoms with Crippen LogP contribution in [0.25, 0.3) is 0 Å². The van der Waals surface area contributed by atoms with E-state index in [1.807, 2.05) is 0 Å². The van der Waals surface area contributed by atoms with Crippen LogP contribution in [0, 0.1) is 0 Å². The Morgan fingerprint density at radius 2 is 1.48 bits per heavy atom. The van der Waals surface area contributed by atoms with Crippen molar-refractivity contribution in [3.8, 4) is 0 Å². The highest BCUT2D eigenvalue weighted by molar-refractivity contribution is 5.67. The molecule has 136 valence electrons. The van der Waals surface area contributed by atoms with Gasteiger partial charge in [-0.1, -0.05) is 0 Å². The van der Waals surface area contributed by atoms with Gasteiger partial charge in [0.1, 0.15) is 43.2 Å². The summed E-state index contributed by atoms with van der Waals surface area (Å²) in [5.41, 5.74) is 0. The second-order valence-corrected chi connectivity index (χ2v) is 6.92. The monoisotopic (exact) mass is 340 g/mol. The molecule has 7 atom stereocenters. The molecule has 1 rings (SSSR count). The Hall–Kier alpha value is -0.850. The van der Waals surface area contributed by atoms with Crippen molar-refractivity contribution in [1.29, 1.82) is 0 Å². The van der Waals surface area contributed by atoms with E-state index < -0.39 is 54.8 Å². The number of aliphatic hydroxyl groups is 6. The normalized spacial score (nSPS) is 40.0. The Kier molecular flexibility index (Phi) is 6.10. The molecule has 0 aliphatic heterocycles. The molecule has 10 nitrogen and oxygen atoms in total. The Morgan fingerprint density at radius 3 is 1.83 bits per heavy atom. The Morgan fingerprint density at radius 1 is 1.04 bits per heavy atom. The second kappa shape index (κ2) is 6.95. The van der Waals surface area contributed by atoms with Crippen LogP contribution in [0.2, 0.25) is 0 Å². The molecule has 0 spiro atoms. The van der Waals surface area contributed by atoms with Gasteiger partial charge in [0.15, 0.2) is 0 Å². The van der Waals surface area contributed by atoms with Crippen molar-refractivity contribution in [2.45, 2.75) is 48.8 Å². The first-order valence-electron chi connectivity index (χ1n) is 7.12. The number of nitrogens with zero attached hydrogens (tertiary/aromatic N) is 1. The average Bonchev–Trinajstić information content (AvgIpc) is 2.39. The average molecular weight is 340 g/mol. The molecule has 0 radical (unpaired) electrons. The van der Waals surface area contributed by atoms with Crippen molar-refractivity contribution in [2.75, 3.05) is 27.7 Å². The number of likely N-dealkylation sites (N-methyl/N-ethyl adjacent to an activating group) is 1. The Bertz CT molecular complexity index is 408. The fraction of sp³-hybridized carbons (Fsp3) is 0.923. The second-order valence-electron chi connectivity index (χ2n) is 6.92. The van der Waals surface area contributed by atoms with Gasteiger partial charge in [0.05, 0.1) is 27.6 Å². The number of carboxylic acids is 1. The van der Waals surface area contributed by atoms with Crippen molar-refractivity contribution in [3.63, 3.8) is 0 Å². The topological polar surface area (TPSA) is 168 Å². The van der Waals surface area contributed by atoms with E-state index in [-0.39, 0.29) is 11.0 Å². The third-order valence-electron chi connectivity index (χ3n) is 3.70. The van der Waals surface area contributed by atoms with E-state index in [0.717, 1.165) is 0 Å². The Balaban J connectivity index is 3.04. The molecule has 0 aromatic carbocycles. The number of hydrogen-bond acceptors (Lipinski definition) is 8. The summed E-state index contributed by atoms with van der Waals surface area (Å²) in [5.74, 6) is -4.05. The molecule has 23 heavy (non-hydrogen) atoms. The molecule has 0 aromatic heterocycles. The highest BCUT2D eigenvalue weighted by Crippen LogP contribution is 2.33.